The first kappa shape index (κ1) is 15.1. The molecule has 110 valence electrons. The summed E-state index contributed by atoms with van der Waals surface area (Å²) in [7, 11) is -3.67. The Morgan fingerprint density at radius 1 is 1.14 bits per heavy atom. The number of hydrogen-bond acceptors (Lipinski definition) is 3. The highest BCUT2D eigenvalue weighted by Gasteiger charge is 2.14. The maximum Gasteiger partial charge on any atom is 0.307 e. The number of carboxylic acid groups (broad SMARTS) is 1. The van der Waals surface area contributed by atoms with Crippen LogP contribution in [0.15, 0.2) is 53.4 Å². The Hall–Kier alpha value is -2.34. The van der Waals surface area contributed by atoms with Crippen LogP contribution in [-0.4, -0.2) is 19.5 Å². The molecule has 5 nitrogen and oxygen atoms in total. The van der Waals surface area contributed by atoms with Gasteiger partial charge in [-0.15, -0.1) is 0 Å². The lowest BCUT2D eigenvalue weighted by Gasteiger charge is -2.09. The van der Waals surface area contributed by atoms with Gasteiger partial charge in [0.1, 0.15) is 0 Å². The SMILES string of the molecule is Cc1cccc(NS(=O)(=O)c2ccc(CC(=O)O)cc2)c1. The summed E-state index contributed by atoms with van der Waals surface area (Å²) >= 11 is 0. The van der Waals surface area contributed by atoms with E-state index in [1.165, 1.54) is 24.3 Å². The Morgan fingerprint density at radius 2 is 1.81 bits per heavy atom. The average Bonchev–Trinajstić information content (AvgIpc) is 2.38. The zero-order valence-electron chi connectivity index (χ0n) is 11.4. The molecule has 0 bridgehead atoms. The molecule has 0 fully saturated rings. The Balaban J connectivity index is 2.21. The molecule has 0 amide bonds. The number of anilines is 1. The predicted molar refractivity (Wildman–Crippen MR) is 79.8 cm³/mol. The number of carboxylic acids is 1. The Bertz CT molecular complexity index is 751. The molecule has 0 aliphatic rings. The predicted octanol–water partition coefficient (Wildman–Crippen LogP) is 2.42. The van der Waals surface area contributed by atoms with E-state index in [0.717, 1.165) is 5.56 Å². The third-order valence-electron chi connectivity index (χ3n) is 2.86. The second-order valence-corrected chi connectivity index (χ2v) is 6.37. The minimum atomic E-state index is -3.67. The van der Waals surface area contributed by atoms with E-state index in [1.54, 1.807) is 18.2 Å². The van der Waals surface area contributed by atoms with Gasteiger partial charge in [-0.25, -0.2) is 8.42 Å². The highest BCUT2D eigenvalue weighted by atomic mass is 32.2. The number of sulfonamides is 1. The van der Waals surface area contributed by atoms with Gasteiger partial charge in [-0.05, 0) is 42.3 Å². The van der Waals surface area contributed by atoms with Gasteiger partial charge >= 0.3 is 5.97 Å². The van der Waals surface area contributed by atoms with Crippen LogP contribution in [0.1, 0.15) is 11.1 Å². The van der Waals surface area contributed by atoms with Crippen molar-refractivity contribution in [3.05, 3.63) is 59.7 Å². The van der Waals surface area contributed by atoms with Crippen molar-refractivity contribution in [1.82, 2.24) is 0 Å². The normalized spacial score (nSPS) is 11.1. The molecule has 2 aromatic carbocycles. The summed E-state index contributed by atoms with van der Waals surface area (Å²) in [5.41, 5.74) is 1.99. The van der Waals surface area contributed by atoms with Crippen molar-refractivity contribution in [1.29, 1.82) is 0 Å². The third kappa shape index (κ3) is 4.06. The molecule has 0 saturated heterocycles. The number of hydrogen-bond donors (Lipinski definition) is 2. The average molecular weight is 305 g/mol. The number of aryl methyl sites for hydroxylation is 1. The third-order valence-corrected chi connectivity index (χ3v) is 4.26. The van der Waals surface area contributed by atoms with E-state index in [1.807, 2.05) is 13.0 Å². The van der Waals surface area contributed by atoms with Gasteiger partial charge in [0.15, 0.2) is 0 Å². The quantitative estimate of drug-likeness (QED) is 0.888. The first-order chi connectivity index (χ1) is 9.87. The van der Waals surface area contributed by atoms with Gasteiger partial charge in [0.25, 0.3) is 10.0 Å². The smallest absolute Gasteiger partial charge is 0.307 e. The number of carbonyl (C=O) groups is 1. The molecular weight excluding hydrogens is 290 g/mol. The van der Waals surface area contributed by atoms with E-state index < -0.39 is 16.0 Å². The zero-order chi connectivity index (χ0) is 15.5. The van der Waals surface area contributed by atoms with Crippen molar-refractivity contribution in [2.45, 2.75) is 18.2 Å². The largest absolute Gasteiger partial charge is 0.481 e. The van der Waals surface area contributed by atoms with Crippen LogP contribution < -0.4 is 4.72 Å². The van der Waals surface area contributed by atoms with Gasteiger partial charge in [0.05, 0.1) is 11.3 Å². The summed E-state index contributed by atoms with van der Waals surface area (Å²) in [6.45, 7) is 1.87. The fraction of sp³-hybridized carbons (Fsp3) is 0.133. The van der Waals surface area contributed by atoms with Crippen LogP contribution in [0.5, 0.6) is 0 Å². The standard InChI is InChI=1S/C15H15NO4S/c1-11-3-2-4-13(9-11)16-21(19,20)14-7-5-12(6-8-14)10-15(17)18/h2-9,16H,10H2,1H3,(H,17,18). The lowest BCUT2D eigenvalue weighted by atomic mass is 10.2. The number of nitrogens with one attached hydrogen (secondary N) is 1. The second-order valence-electron chi connectivity index (χ2n) is 4.69. The molecular formula is C15H15NO4S. The summed E-state index contributed by atoms with van der Waals surface area (Å²) in [4.78, 5) is 10.7. The maximum atomic E-state index is 12.2. The number of benzene rings is 2. The van der Waals surface area contributed by atoms with E-state index in [9.17, 15) is 13.2 Å². The zero-order valence-corrected chi connectivity index (χ0v) is 12.2. The minimum Gasteiger partial charge on any atom is -0.481 e. The van der Waals surface area contributed by atoms with Crippen molar-refractivity contribution in [2.24, 2.45) is 0 Å². The van der Waals surface area contributed by atoms with Crippen molar-refractivity contribution in [2.75, 3.05) is 4.72 Å². The van der Waals surface area contributed by atoms with Gasteiger partial charge in [0.2, 0.25) is 0 Å². The topological polar surface area (TPSA) is 83.5 Å². The lowest BCUT2D eigenvalue weighted by molar-refractivity contribution is -0.136. The minimum absolute atomic E-state index is 0.0955. The van der Waals surface area contributed by atoms with E-state index >= 15 is 0 Å². The first-order valence-corrected chi connectivity index (χ1v) is 7.75. The van der Waals surface area contributed by atoms with Crippen molar-refractivity contribution in [3.8, 4) is 0 Å². The lowest BCUT2D eigenvalue weighted by Crippen LogP contribution is -2.13. The van der Waals surface area contributed by atoms with E-state index in [0.29, 0.717) is 11.3 Å². The first-order valence-electron chi connectivity index (χ1n) is 6.27. The molecule has 0 heterocycles. The fourth-order valence-corrected chi connectivity index (χ4v) is 2.93. The monoisotopic (exact) mass is 305 g/mol. The van der Waals surface area contributed by atoms with Crippen LogP contribution in [0.3, 0.4) is 0 Å². The van der Waals surface area contributed by atoms with E-state index in [-0.39, 0.29) is 11.3 Å². The molecule has 0 aromatic heterocycles. The Labute approximate surface area is 123 Å². The summed E-state index contributed by atoms with van der Waals surface area (Å²) in [5, 5.41) is 8.69. The van der Waals surface area contributed by atoms with E-state index in [4.69, 9.17) is 5.11 Å². The molecule has 0 spiro atoms. The van der Waals surface area contributed by atoms with Gasteiger partial charge in [-0.2, -0.15) is 0 Å². The van der Waals surface area contributed by atoms with Crippen LogP contribution in [0.2, 0.25) is 0 Å². The van der Waals surface area contributed by atoms with Crippen LogP contribution >= 0.6 is 0 Å². The molecule has 2 rings (SSSR count). The van der Waals surface area contributed by atoms with Gasteiger partial charge in [0, 0.05) is 5.69 Å². The molecule has 21 heavy (non-hydrogen) atoms. The number of aliphatic carboxylic acids is 1. The summed E-state index contributed by atoms with van der Waals surface area (Å²) in [5.74, 6) is -0.955. The molecule has 2 N–H and O–H groups in total. The van der Waals surface area contributed by atoms with Crippen LogP contribution in [0, 0.1) is 6.92 Å². The highest BCUT2D eigenvalue weighted by molar-refractivity contribution is 7.92. The molecule has 0 atom stereocenters. The molecule has 0 aliphatic carbocycles. The van der Waals surface area contributed by atoms with Crippen molar-refractivity contribution in [3.63, 3.8) is 0 Å². The molecule has 2 aromatic rings. The molecule has 0 aliphatic heterocycles. The summed E-state index contributed by atoms with van der Waals surface area (Å²) in [6.07, 6.45) is -0.133. The van der Waals surface area contributed by atoms with Crippen LogP contribution in [0.4, 0.5) is 5.69 Å². The molecule has 0 unspecified atom stereocenters. The second kappa shape index (κ2) is 5.97. The number of rotatable bonds is 5. The maximum absolute atomic E-state index is 12.2. The van der Waals surface area contributed by atoms with Crippen LogP contribution in [-0.2, 0) is 21.2 Å². The fourth-order valence-electron chi connectivity index (χ4n) is 1.88. The van der Waals surface area contributed by atoms with Crippen LogP contribution in [0.25, 0.3) is 0 Å². The van der Waals surface area contributed by atoms with Gasteiger partial charge in [-0.1, -0.05) is 24.3 Å². The van der Waals surface area contributed by atoms with Crippen molar-refractivity contribution < 1.29 is 18.3 Å². The molecule has 6 heteroatoms. The highest BCUT2D eigenvalue weighted by Crippen LogP contribution is 2.17. The summed E-state index contributed by atoms with van der Waals surface area (Å²) < 4.78 is 26.9. The van der Waals surface area contributed by atoms with Crippen molar-refractivity contribution >= 4 is 21.7 Å². The Kier molecular flexibility index (Phi) is 4.28. The van der Waals surface area contributed by atoms with Gasteiger partial charge in [-0.3, -0.25) is 9.52 Å². The van der Waals surface area contributed by atoms with E-state index in [2.05, 4.69) is 4.72 Å². The Morgan fingerprint density at radius 3 is 2.38 bits per heavy atom. The van der Waals surface area contributed by atoms with Gasteiger partial charge < -0.3 is 5.11 Å². The molecule has 0 saturated carbocycles. The molecule has 0 radical (unpaired) electrons. The summed E-state index contributed by atoms with van der Waals surface area (Å²) in [6, 6.07) is 12.8.